The number of fused-ring (bicyclic) bond motifs is 10. The first kappa shape index (κ1) is 68.9. The van der Waals surface area contributed by atoms with Gasteiger partial charge in [-0.05, 0) is 127 Å². The number of aromatic nitrogens is 4. The molecule has 0 radical (unpaired) electrons. The number of likely N-dealkylation sites (N-methyl/N-ethyl adjacent to an activating group) is 1. The highest BCUT2D eigenvalue weighted by atomic mass is 19.1. The summed E-state index contributed by atoms with van der Waals surface area (Å²) in [5, 5.41) is 4.07. The van der Waals surface area contributed by atoms with Gasteiger partial charge in [-0.15, -0.1) is 0 Å². The predicted octanol–water partition coefficient (Wildman–Crippen LogP) is 13.4. The number of pyridine rings is 4. The minimum Gasteiger partial charge on any atom is -0.467 e. The first-order chi connectivity index (χ1) is 46.0. The van der Waals surface area contributed by atoms with Gasteiger partial charge in [-0.1, -0.05) is 76.2 Å². The Morgan fingerprint density at radius 1 is 0.557 bits per heavy atom. The van der Waals surface area contributed by atoms with E-state index in [0.29, 0.717) is 84.2 Å². The average Bonchev–Trinajstić information content (AvgIpc) is 0.719. The molecule has 4 aromatic heterocycles. The van der Waals surface area contributed by atoms with Gasteiger partial charge >= 0.3 is 12.2 Å². The van der Waals surface area contributed by atoms with Gasteiger partial charge in [0.25, 0.3) is 11.1 Å². The van der Waals surface area contributed by atoms with E-state index in [9.17, 15) is 19.2 Å². The van der Waals surface area contributed by atoms with Gasteiger partial charge in [0.2, 0.25) is 0 Å². The minimum absolute atomic E-state index is 0.0404. The quantitative estimate of drug-likeness (QED) is 0.0898. The fraction of sp³-hybridized carbons (Fsp3) is 0.425. The second kappa shape index (κ2) is 27.2. The van der Waals surface area contributed by atoms with E-state index >= 15 is 17.6 Å². The second-order valence-electron chi connectivity index (χ2n) is 27.7. The third kappa shape index (κ3) is 13.3. The number of para-hydroxylation sites is 2. The maximum atomic E-state index is 16.5. The number of methoxy groups -OCH3 is 2. The molecule has 97 heavy (non-hydrogen) atoms. The number of carbonyl (C=O) groups excluding carboxylic acids is 2. The topological polar surface area (TPSA) is 188 Å². The molecule has 4 aliphatic heterocycles. The summed E-state index contributed by atoms with van der Waals surface area (Å²) in [6.07, 6.45) is -0.827. The molecule has 2 saturated heterocycles. The average molecular weight is 1340 g/mol. The standard InChI is InChI=1S/C37H43F2N5O5.C36H41F2N5O5/c1-21(2)24-12-9-10-14-28(24)44-34-25(16-27(39)31(40-34)30-26(38)13-11-15-29(30)48-20-47-8)32-33(35(44)45)41(7)18-23-19-42(22(3)17-43(23)32)36(46)49-37(4,5)6;1-20(2)23-11-8-9-13-27(23)43-33-24(15-26(38)30(40-33)29-25(37)12-10-14-28(29)47-19-46-7)32-31(34(43)44)39-16-22-18-41(21(3)17-42(22)32)35(45)48-36(4,5)6/h9-16,21-23H,17-20H2,1-8H3;8-15,20-22,39H,16-19H2,1-7H3/t22-,23+;21-,22+/m11/s1. The summed E-state index contributed by atoms with van der Waals surface area (Å²) >= 11 is 0. The summed E-state index contributed by atoms with van der Waals surface area (Å²) < 4.78 is 99.7. The third-order valence-electron chi connectivity index (χ3n) is 17.7. The Kier molecular flexibility index (Phi) is 19.4. The summed E-state index contributed by atoms with van der Waals surface area (Å²) in [7, 11) is 4.69. The highest BCUT2D eigenvalue weighted by molar-refractivity contribution is 6.02. The molecule has 12 rings (SSSR count). The maximum Gasteiger partial charge on any atom is 0.410 e. The molecule has 0 saturated carbocycles. The number of anilines is 4. The summed E-state index contributed by atoms with van der Waals surface area (Å²) in [6, 6.07) is 25.0. The van der Waals surface area contributed by atoms with Crippen molar-refractivity contribution in [2.75, 3.05) is 94.1 Å². The minimum atomic E-state index is -0.790. The molecular formula is C73H84F4N10O10. The van der Waals surface area contributed by atoms with Crippen LogP contribution in [0.4, 0.5) is 49.9 Å². The van der Waals surface area contributed by atoms with E-state index in [1.165, 1.54) is 71.9 Å². The molecule has 4 atom stereocenters. The molecule has 4 aliphatic rings. The van der Waals surface area contributed by atoms with Gasteiger partial charge in [0, 0.05) is 83.4 Å². The van der Waals surface area contributed by atoms with E-state index in [1.807, 2.05) is 144 Å². The summed E-state index contributed by atoms with van der Waals surface area (Å²) in [5.41, 5.74) is 2.02. The van der Waals surface area contributed by atoms with Crippen molar-refractivity contribution >= 4 is 57.0 Å². The summed E-state index contributed by atoms with van der Waals surface area (Å²) in [6.45, 7) is 24.7. The van der Waals surface area contributed by atoms with Crippen molar-refractivity contribution in [3.05, 3.63) is 152 Å². The monoisotopic (exact) mass is 1340 g/mol. The molecule has 514 valence electrons. The Bertz CT molecular complexity index is 4470. The van der Waals surface area contributed by atoms with Gasteiger partial charge < -0.3 is 58.2 Å². The van der Waals surface area contributed by atoms with E-state index in [0.717, 1.165) is 11.1 Å². The van der Waals surface area contributed by atoms with Gasteiger partial charge in [-0.25, -0.2) is 37.1 Å². The van der Waals surface area contributed by atoms with Crippen LogP contribution in [0.1, 0.15) is 106 Å². The lowest BCUT2D eigenvalue weighted by Gasteiger charge is -2.51. The van der Waals surface area contributed by atoms with Crippen LogP contribution in [0.3, 0.4) is 0 Å². The number of nitrogens with zero attached hydrogens (tertiary/aromatic N) is 9. The van der Waals surface area contributed by atoms with E-state index in [2.05, 4.69) is 15.1 Å². The van der Waals surface area contributed by atoms with Crippen LogP contribution in [-0.4, -0.2) is 151 Å². The fourth-order valence-corrected chi connectivity index (χ4v) is 13.5. The van der Waals surface area contributed by atoms with E-state index < -0.39 is 46.7 Å². The number of carbonyl (C=O) groups is 2. The number of piperazine rings is 2. The summed E-state index contributed by atoms with van der Waals surface area (Å²) in [4.78, 5) is 74.8. The van der Waals surface area contributed by atoms with Gasteiger partial charge in [-0.2, -0.15) is 0 Å². The molecule has 0 bridgehead atoms. The molecule has 2 fully saturated rings. The van der Waals surface area contributed by atoms with Crippen LogP contribution in [0.2, 0.25) is 0 Å². The molecule has 24 heteroatoms. The van der Waals surface area contributed by atoms with Crippen molar-refractivity contribution in [2.45, 2.75) is 130 Å². The number of halogens is 4. The number of ether oxygens (including phenoxy) is 6. The Morgan fingerprint density at radius 3 is 1.44 bits per heavy atom. The van der Waals surface area contributed by atoms with Crippen LogP contribution in [-0.2, 0) is 18.9 Å². The molecule has 0 unspecified atom stereocenters. The van der Waals surface area contributed by atoms with Crippen LogP contribution in [0.15, 0.2) is 107 Å². The van der Waals surface area contributed by atoms with E-state index in [1.54, 1.807) is 9.80 Å². The molecule has 2 amide bonds. The van der Waals surface area contributed by atoms with E-state index in [-0.39, 0.29) is 106 Å². The van der Waals surface area contributed by atoms with Crippen molar-refractivity contribution in [1.82, 2.24) is 28.9 Å². The van der Waals surface area contributed by atoms with Crippen LogP contribution >= 0.6 is 0 Å². The first-order valence-electron chi connectivity index (χ1n) is 32.6. The lowest BCUT2D eigenvalue weighted by Crippen LogP contribution is -2.64. The molecule has 4 aromatic carbocycles. The molecule has 8 heterocycles. The molecular weight excluding hydrogens is 1250 g/mol. The smallest absolute Gasteiger partial charge is 0.410 e. The number of rotatable bonds is 12. The predicted molar refractivity (Wildman–Crippen MR) is 367 cm³/mol. The first-order valence-corrected chi connectivity index (χ1v) is 32.6. The van der Waals surface area contributed by atoms with Crippen molar-refractivity contribution in [1.29, 1.82) is 0 Å². The highest BCUT2D eigenvalue weighted by Crippen LogP contribution is 2.46. The highest BCUT2D eigenvalue weighted by Gasteiger charge is 2.45. The Labute approximate surface area is 561 Å². The Morgan fingerprint density at radius 2 is 0.990 bits per heavy atom. The molecule has 0 aliphatic carbocycles. The largest absolute Gasteiger partial charge is 0.467 e. The van der Waals surface area contributed by atoms with Gasteiger partial charge in [0.05, 0.1) is 46.0 Å². The number of nitrogens with one attached hydrogen (secondary N) is 1. The van der Waals surface area contributed by atoms with Gasteiger partial charge in [0.15, 0.2) is 36.5 Å². The van der Waals surface area contributed by atoms with Crippen LogP contribution < -0.4 is 40.6 Å². The number of benzene rings is 4. The maximum absolute atomic E-state index is 16.5. The zero-order valence-corrected chi connectivity index (χ0v) is 57.5. The number of hydrogen-bond acceptors (Lipinski definition) is 16. The third-order valence-corrected chi connectivity index (χ3v) is 17.7. The Balaban J connectivity index is 0.000000197. The van der Waals surface area contributed by atoms with E-state index in [4.69, 9.17) is 38.4 Å². The lowest BCUT2D eigenvalue weighted by molar-refractivity contribution is 0.0116. The molecule has 1 N–H and O–H groups in total. The van der Waals surface area contributed by atoms with Crippen molar-refractivity contribution in [3.8, 4) is 45.4 Å². The van der Waals surface area contributed by atoms with Gasteiger partial charge in [0.1, 0.15) is 57.1 Å². The fourth-order valence-electron chi connectivity index (χ4n) is 13.5. The summed E-state index contributed by atoms with van der Waals surface area (Å²) in [5.74, 6) is -2.87. The lowest BCUT2D eigenvalue weighted by atomic mass is 9.98. The van der Waals surface area contributed by atoms with Gasteiger partial charge in [-0.3, -0.25) is 18.7 Å². The second-order valence-corrected chi connectivity index (χ2v) is 27.7. The zero-order chi connectivity index (χ0) is 69.9. The van der Waals surface area contributed by atoms with Crippen LogP contribution in [0, 0.1) is 23.3 Å². The SMILES string of the molecule is COCOc1cccc(F)c1-c1nc2c(cc1F)c1c(c(=O)n2-c2ccccc2C(C)C)N(C)C[C@H]2CN(C(=O)OC(C)(C)C)[C@H](C)CN12.COCOc1cccc(F)c1-c1nc2c(cc1F)c1c(c(=O)n2-c2ccccc2C(C)C)NC[C@H]2CN(C(=O)OC(C)(C)C)[C@H](C)CN12. The number of hydrogen-bond donors (Lipinski definition) is 1. The normalized spacial score (nSPS) is 17.7. The molecule has 20 nitrogen and oxygen atoms in total. The van der Waals surface area contributed by atoms with Crippen molar-refractivity contribution < 1.29 is 55.6 Å². The molecule has 8 aromatic rings. The van der Waals surface area contributed by atoms with Crippen LogP contribution in [0.25, 0.3) is 56.0 Å². The van der Waals surface area contributed by atoms with Crippen molar-refractivity contribution in [2.24, 2.45) is 0 Å². The van der Waals surface area contributed by atoms with Crippen LogP contribution in [0.5, 0.6) is 11.5 Å². The molecule has 0 spiro atoms. The van der Waals surface area contributed by atoms with Crippen molar-refractivity contribution in [3.63, 3.8) is 0 Å². The zero-order valence-electron chi connectivity index (χ0n) is 57.5. The number of amides is 2. The Hall–Kier alpha value is -9.42.